The van der Waals surface area contributed by atoms with Crippen LogP contribution in [0.25, 0.3) is 0 Å². The molecule has 0 fully saturated rings. The molecule has 6 nitrogen and oxygen atoms in total. The molecule has 3 heterocycles. The number of rotatable bonds is 5. The normalized spacial score (nSPS) is 12.6. The zero-order chi connectivity index (χ0) is 17.4. The minimum Gasteiger partial charge on any atom is -0.361 e. The number of aryl methyl sites for hydroxylation is 2. The van der Waals surface area contributed by atoms with Crippen LogP contribution in [0.2, 0.25) is 0 Å². The van der Waals surface area contributed by atoms with Gasteiger partial charge >= 0.3 is 0 Å². The van der Waals surface area contributed by atoms with Crippen LogP contribution in [0.1, 0.15) is 38.5 Å². The number of benzene rings is 1. The molecule has 6 heteroatoms. The van der Waals surface area contributed by atoms with Crippen LogP contribution in [0.3, 0.4) is 0 Å². The Morgan fingerprint density at radius 3 is 3.00 bits per heavy atom. The van der Waals surface area contributed by atoms with E-state index in [4.69, 9.17) is 4.52 Å². The van der Waals surface area contributed by atoms with Crippen LogP contribution in [0, 0.1) is 13.8 Å². The van der Waals surface area contributed by atoms with Gasteiger partial charge in [0.15, 0.2) is 5.78 Å². The van der Waals surface area contributed by atoms with Gasteiger partial charge in [-0.15, -0.1) is 0 Å². The molecule has 0 amide bonds. The van der Waals surface area contributed by atoms with Crippen LogP contribution in [0.15, 0.2) is 40.1 Å². The smallest absolute Gasteiger partial charge is 0.167 e. The Hall–Kier alpha value is -3.02. The van der Waals surface area contributed by atoms with E-state index in [9.17, 15) is 4.79 Å². The monoisotopic (exact) mass is 334 g/mol. The molecular formula is C19H18N4O2. The van der Waals surface area contributed by atoms with Crippen LogP contribution in [-0.2, 0) is 19.4 Å². The minimum atomic E-state index is 0.0711. The maximum atomic E-state index is 12.5. The lowest BCUT2D eigenvalue weighted by atomic mass is 10.0. The number of aromatic nitrogens is 3. The third-order valence-corrected chi connectivity index (χ3v) is 4.50. The summed E-state index contributed by atoms with van der Waals surface area (Å²) in [6.45, 7) is 4.39. The number of aliphatic imine (C=N–C) groups is 1. The molecule has 0 N–H and O–H groups in total. The Morgan fingerprint density at radius 1 is 1.32 bits per heavy atom. The number of Topliss-reactive ketones (excluding diaryl/α,β-unsaturated/α-hetero) is 1. The maximum Gasteiger partial charge on any atom is 0.167 e. The Labute approximate surface area is 145 Å². The summed E-state index contributed by atoms with van der Waals surface area (Å²) >= 11 is 0. The van der Waals surface area contributed by atoms with Crippen molar-refractivity contribution in [2.24, 2.45) is 4.99 Å². The first-order valence-corrected chi connectivity index (χ1v) is 8.22. The lowest BCUT2D eigenvalue weighted by Crippen LogP contribution is -2.04. The number of carbonyl (C=O) groups excluding carboxylic acids is 1. The van der Waals surface area contributed by atoms with Gasteiger partial charge in [-0.1, -0.05) is 17.3 Å². The molecule has 3 aromatic rings. The van der Waals surface area contributed by atoms with Gasteiger partial charge in [0, 0.05) is 36.4 Å². The highest BCUT2D eigenvalue weighted by Gasteiger charge is 2.14. The molecule has 0 unspecified atom stereocenters. The molecule has 0 atom stereocenters. The molecule has 1 aliphatic rings. The number of hydrogen-bond acceptors (Lipinski definition) is 5. The highest BCUT2D eigenvalue weighted by Crippen LogP contribution is 2.25. The van der Waals surface area contributed by atoms with E-state index in [1.54, 1.807) is 6.20 Å². The predicted octanol–water partition coefficient (Wildman–Crippen LogP) is 3.22. The summed E-state index contributed by atoms with van der Waals surface area (Å²) < 4.78 is 6.98. The molecule has 0 bridgehead atoms. The highest BCUT2D eigenvalue weighted by atomic mass is 16.5. The van der Waals surface area contributed by atoms with E-state index in [1.165, 1.54) is 5.56 Å². The SMILES string of the molecule is Cc1noc(C)c1Cn1cc(CC(=O)c2ccc3c(c2)N=CC3)cn1. The van der Waals surface area contributed by atoms with Crippen LogP contribution in [0.5, 0.6) is 0 Å². The van der Waals surface area contributed by atoms with E-state index >= 15 is 0 Å². The largest absolute Gasteiger partial charge is 0.361 e. The summed E-state index contributed by atoms with van der Waals surface area (Å²) in [5, 5.41) is 8.30. The number of hydrogen-bond donors (Lipinski definition) is 0. The predicted molar refractivity (Wildman–Crippen MR) is 93.6 cm³/mol. The van der Waals surface area contributed by atoms with E-state index in [-0.39, 0.29) is 5.78 Å². The van der Waals surface area contributed by atoms with E-state index < -0.39 is 0 Å². The fourth-order valence-corrected chi connectivity index (χ4v) is 3.03. The molecule has 4 rings (SSSR count). The fraction of sp³-hybridized carbons (Fsp3) is 0.263. The van der Waals surface area contributed by atoms with Crippen LogP contribution >= 0.6 is 0 Å². The van der Waals surface area contributed by atoms with Gasteiger partial charge in [0.2, 0.25) is 0 Å². The topological polar surface area (TPSA) is 73.3 Å². The molecule has 0 saturated heterocycles. The van der Waals surface area contributed by atoms with Gasteiger partial charge in [0.1, 0.15) is 5.76 Å². The van der Waals surface area contributed by atoms with Gasteiger partial charge in [-0.2, -0.15) is 5.10 Å². The van der Waals surface area contributed by atoms with Gasteiger partial charge in [0.25, 0.3) is 0 Å². The highest BCUT2D eigenvalue weighted by molar-refractivity contribution is 5.98. The third-order valence-electron chi connectivity index (χ3n) is 4.50. The van der Waals surface area contributed by atoms with Crippen molar-refractivity contribution in [3.63, 3.8) is 0 Å². The first kappa shape index (κ1) is 15.5. The molecule has 1 aromatic carbocycles. The number of ketones is 1. The van der Waals surface area contributed by atoms with Crippen LogP contribution in [0.4, 0.5) is 5.69 Å². The Kier molecular flexibility index (Phi) is 3.80. The van der Waals surface area contributed by atoms with Gasteiger partial charge in [0.05, 0.1) is 24.1 Å². The Bertz CT molecular complexity index is 962. The quantitative estimate of drug-likeness (QED) is 0.672. The Morgan fingerprint density at radius 2 is 2.20 bits per heavy atom. The second-order valence-corrected chi connectivity index (χ2v) is 6.31. The van der Waals surface area contributed by atoms with Crippen molar-refractivity contribution >= 4 is 17.7 Å². The van der Waals surface area contributed by atoms with Gasteiger partial charge in [-0.3, -0.25) is 14.5 Å². The van der Waals surface area contributed by atoms with E-state index in [0.717, 1.165) is 34.7 Å². The van der Waals surface area contributed by atoms with Crippen molar-refractivity contribution in [3.05, 3.63) is 64.3 Å². The first-order valence-electron chi connectivity index (χ1n) is 8.22. The summed E-state index contributed by atoms with van der Waals surface area (Å²) in [5.74, 6) is 0.867. The summed E-state index contributed by atoms with van der Waals surface area (Å²) in [6, 6.07) is 5.73. The van der Waals surface area contributed by atoms with E-state index in [0.29, 0.717) is 18.5 Å². The van der Waals surface area contributed by atoms with Crippen molar-refractivity contribution in [3.8, 4) is 0 Å². The zero-order valence-corrected chi connectivity index (χ0v) is 14.2. The molecule has 0 saturated carbocycles. The summed E-state index contributed by atoms with van der Waals surface area (Å²) in [7, 11) is 0. The summed E-state index contributed by atoms with van der Waals surface area (Å²) in [6.07, 6.45) is 6.68. The maximum absolute atomic E-state index is 12.5. The molecule has 2 aromatic heterocycles. The minimum absolute atomic E-state index is 0.0711. The molecule has 25 heavy (non-hydrogen) atoms. The fourth-order valence-electron chi connectivity index (χ4n) is 3.03. The second kappa shape index (κ2) is 6.12. The van der Waals surface area contributed by atoms with Crippen LogP contribution in [-0.4, -0.2) is 26.9 Å². The van der Waals surface area contributed by atoms with E-state index in [2.05, 4.69) is 15.2 Å². The summed E-state index contributed by atoms with van der Waals surface area (Å²) in [5.41, 5.74) is 5.54. The van der Waals surface area contributed by atoms with Gasteiger partial charge in [-0.05, 0) is 31.0 Å². The molecular weight excluding hydrogens is 316 g/mol. The van der Waals surface area contributed by atoms with Crippen molar-refractivity contribution < 1.29 is 9.32 Å². The number of fused-ring (bicyclic) bond motifs is 1. The number of carbonyl (C=O) groups is 1. The summed E-state index contributed by atoms with van der Waals surface area (Å²) in [4.78, 5) is 16.8. The van der Waals surface area contributed by atoms with Crippen molar-refractivity contribution in [1.82, 2.24) is 14.9 Å². The third kappa shape index (κ3) is 3.03. The van der Waals surface area contributed by atoms with Gasteiger partial charge in [-0.25, -0.2) is 0 Å². The standard InChI is InChI=1S/C19H18N4O2/c1-12-17(13(2)25-22-12)11-23-10-14(9-21-23)7-19(24)16-4-3-15-5-6-20-18(15)8-16/h3-4,6,8-10H,5,7,11H2,1-2H3. The lowest BCUT2D eigenvalue weighted by Gasteiger charge is -2.03. The van der Waals surface area contributed by atoms with Gasteiger partial charge < -0.3 is 4.52 Å². The second-order valence-electron chi connectivity index (χ2n) is 6.31. The zero-order valence-electron chi connectivity index (χ0n) is 14.2. The van der Waals surface area contributed by atoms with Crippen molar-refractivity contribution in [1.29, 1.82) is 0 Å². The van der Waals surface area contributed by atoms with Crippen molar-refractivity contribution in [2.75, 3.05) is 0 Å². The number of nitrogens with zero attached hydrogens (tertiary/aromatic N) is 4. The molecule has 0 radical (unpaired) electrons. The Balaban J connectivity index is 1.47. The molecule has 1 aliphatic heterocycles. The van der Waals surface area contributed by atoms with Crippen molar-refractivity contribution in [2.45, 2.75) is 33.2 Å². The molecule has 0 aliphatic carbocycles. The first-order chi connectivity index (χ1) is 12.1. The van der Waals surface area contributed by atoms with Crippen LogP contribution < -0.4 is 0 Å². The molecule has 0 spiro atoms. The average molecular weight is 334 g/mol. The molecule has 126 valence electrons. The van der Waals surface area contributed by atoms with E-state index in [1.807, 2.05) is 49.1 Å². The lowest BCUT2D eigenvalue weighted by molar-refractivity contribution is 0.0993. The average Bonchev–Trinajstić information content (AvgIpc) is 3.31.